The lowest BCUT2D eigenvalue weighted by molar-refractivity contribution is -0.272. The smallest absolute Gasteiger partial charge is 0.380 e. The van der Waals surface area contributed by atoms with Crippen molar-refractivity contribution in [2.45, 2.75) is 50.4 Å². The normalized spacial score (nSPS) is 20.9. The van der Waals surface area contributed by atoms with E-state index in [1.807, 2.05) is 18.3 Å². The first kappa shape index (κ1) is 23.4. The zero-order valence-corrected chi connectivity index (χ0v) is 20.1. The predicted octanol–water partition coefficient (Wildman–Crippen LogP) is 4.39. The molecule has 1 unspecified atom stereocenters. The van der Waals surface area contributed by atoms with Gasteiger partial charge in [-0.15, -0.1) is 11.3 Å². The van der Waals surface area contributed by atoms with Crippen LogP contribution in [0.4, 0.5) is 24.7 Å². The van der Waals surface area contributed by atoms with Gasteiger partial charge in [-0.05, 0) is 48.1 Å². The van der Waals surface area contributed by atoms with Crippen LogP contribution >= 0.6 is 11.3 Å². The van der Waals surface area contributed by atoms with Gasteiger partial charge >= 0.3 is 6.18 Å². The first-order valence-electron chi connectivity index (χ1n) is 11.9. The third kappa shape index (κ3) is 3.94. The summed E-state index contributed by atoms with van der Waals surface area (Å²) in [6.07, 6.45) is -0.439. The number of piperidine rings is 1. The van der Waals surface area contributed by atoms with Gasteiger partial charge in [-0.1, -0.05) is 6.07 Å². The van der Waals surface area contributed by atoms with Crippen molar-refractivity contribution in [3.8, 4) is 0 Å². The van der Waals surface area contributed by atoms with E-state index >= 15 is 0 Å². The zero-order chi connectivity index (χ0) is 25.1. The van der Waals surface area contributed by atoms with Crippen LogP contribution in [0.1, 0.15) is 40.8 Å². The van der Waals surface area contributed by atoms with Crippen molar-refractivity contribution in [3.63, 3.8) is 0 Å². The average Bonchev–Trinajstić information content (AvgIpc) is 3.47. The first-order valence-corrected chi connectivity index (χ1v) is 12.8. The number of amides is 1. The number of aliphatic hydroxyl groups is 1. The van der Waals surface area contributed by atoms with Crippen molar-refractivity contribution in [2.24, 2.45) is 10.9 Å². The van der Waals surface area contributed by atoms with E-state index in [0.29, 0.717) is 25.8 Å². The number of aromatic nitrogens is 2. The summed E-state index contributed by atoms with van der Waals surface area (Å²) < 4.78 is 39.4. The monoisotopic (exact) mass is 515 g/mol. The molecule has 1 amide bonds. The van der Waals surface area contributed by atoms with Crippen molar-refractivity contribution in [3.05, 3.63) is 46.1 Å². The molecule has 0 saturated carbocycles. The summed E-state index contributed by atoms with van der Waals surface area (Å²) in [6.45, 7) is 0.525. The summed E-state index contributed by atoms with van der Waals surface area (Å²) in [5.41, 5.74) is 1.62. The number of thiophene rings is 1. The highest BCUT2D eigenvalue weighted by molar-refractivity contribution is 7.19. The number of nitrogens with one attached hydrogen (secondary N) is 1. The number of aryl methyl sites for hydroxylation is 1. The van der Waals surface area contributed by atoms with E-state index in [1.165, 1.54) is 16.8 Å². The number of anilines is 2. The molecule has 3 aliphatic rings. The molecule has 11 heteroatoms. The molecule has 3 aromatic rings. The summed E-state index contributed by atoms with van der Waals surface area (Å²) in [4.78, 5) is 29.8. The Morgan fingerprint density at radius 1 is 1.22 bits per heavy atom. The lowest BCUT2D eigenvalue weighted by Gasteiger charge is -2.40. The fourth-order valence-corrected chi connectivity index (χ4v) is 6.64. The molecule has 1 aliphatic carbocycles. The van der Waals surface area contributed by atoms with Gasteiger partial charge in [-0.3, -0.25) is 9.79 Å². The van der Waals surface area contributed by atoms with Crippen LogP contribution in [-0.2, 0) is 24.2 Å². The van der Waals surface area contributed by atoms with Gasteiger partial charge in [0.15, 0.2) is 5.60 Å². The number of hydrogen-bond acceptors (Lipinski definition) is 7. The van der Waals surface area contributed by atoms with Crippen LogP contribution in [0.2, 0.25) is 0 Å². The molecule has 1 atom stereocenters. The molecule has 1 aromatic carbocycles. The number of hydrogen-bond donors (Lipinski definition) is 2. The minimum atomic E-state index is -4.68. The Morgan fingerprint density at radius 2 is 2.03 bits per heavy atom. The van der Waals surface area contributed by atoms with Crippen molar-refractivity contribution in [2.75, 3.05) is 18.4 Å². The predicted molar refractivity (Wildman–Crippen MR) is 131 cm³/mol. The molecule has 0 spiro atoms. The Morgan fingerprint density at radius 3 is 2.81 bits per heavy atom. The number of carbonyl (C=O) groups excluding carboxylic acids is 1. The van der Waals surface area contributed by atoms with Crippen molar-refractivity contribution < 1.29 is 23.1 Å². The average molecular weight is 516 g/mol. The Labute approximate surface area is 209 Å². The molecule has 1 saturated heterocycles. The second-order valence-electron chi connectivity index (χ2n) is 9.71. The molecule has 188 valence electrons. The standard InChI is InChI=1S/C25H24F3N5O2S/c26-25(27,28)24(35)5-7-33(8-6-24)23(34)14-2-4-18-19(10-14)36-22-20(18)21(30-13-31-22)32-17-3-1-15-11-29-12-16(15)9-17/h1,3,9,12-14,35H,2,4-8,10-11H2,(H,30,31,32). The van der Waals surface area contributed by atoms with Crippen LogP contribution in [0.5, 0.6) is 0 Å². The van der Waals surface area contributed by atoms with E-state index in [4.69, 9.17) is 0 Å². The highest BCUT2D eigenvalue weighted by Crippen LogP contribution is 2.42. The summed E-state index contributed by atoms with van der Waals surface area (Å²) in [6, 6.07) is 6.11. The van der Waals surface area contributed by atoms with E-state index in [-0.39, 0.29) is 24.9 Å². The van der Waals surface area contributed by atoms with Crippen molar-refractivity contribution >= 4 is 45.2 Å². The number of rotatable bonds is 3. The highest BCUT2D eigenvalue weighted by Gasteiger charge is 2.55. The van der Waals surface area contributed by atoms with Crippen LogP contribution < -0.4 is 5.32 Å². The van der Waals surface area contributed by atoms with Crippen LogP contribution in [0.15, 0.2) is 29.5 Å². The number of nitrogens with zero attached hydrogens (tertiary/aromatic N) is 4. The van der Waals surface area contributed by atoms with Gasteiger partial charge in [-0.25, -0.2) is 9.97 Å². The third-order valence-corrected chi connectivity index (χ3v) is 8.69. The SMILES string of the molecule is O=C(C1CCc2c(sc3ncnc(Nc4ccc5c(c4)C=NC5)c23)C1)N1CCC(O)(C(F)(F)F)CC1. The van der Waals surface area contributed by atoms with Crippen LogP contribution in [0.3, 0.4) is 0 Å². The van der Waals surface area contributed by atoms with Gasteiger partial charge in [0.2, 0.25) is 5.91 Å². The van der Waals surface area contributed by atoms with E-state index in [0.717, 1.165) is 37.7 Å². The van der Waals surface area contributed by atoms with Gasteiger partial charge in [0.25, 0.3) is 0 Å². The number of benzene rings is 1. The minimum Gasteiger partial charge on any atom is -0.380 e. The van der Waals surface area contributed by atoms with Gasteiger partial charge < -0.3 is 15.3 Å². The maximum absolute atomic E-state index is 13.2. The van der Waals surface area contributed by atoms with Crippen LogP contribution in [-0.4, -0.2) is 57.0 Å². The molecule has 0 bridgehead atoms. The van der Waals surface area contributed by atoms with Gasteiger partial charge in [0.05, 0.1) is 11.9 Å². The second-order valence-corrected chi connectivity index (χ2v) is 10.8. The number of aliphatic imine (C=N–C) groups is 1. The topological polar surface area (TPSA) is 90.7 Å². The van der Waals surface area contributed by atoms with Crippen LogP contribution in [0, 0.1) is 5.92 Å². The summed E-state index contributed by atoms with van der Waals surface area (Å²) in [5, 5.41) is 14.3. The summed E-state index contributed by atoms with van der Waals surface area (Å²) in [7, 11) is 0. The minimum absolute atomic E-state index is 0.0877. The van der Waals surface area contributed by atoms with Crippen LogP contribution in [0.25, 0.3) is 10.2 Å². The van der Waals surface area contributed by atoms with E-state index in [2.05, 4.69) is 26.3 Å². The lowest BCUT2D eigenvalue weighted by atomic mass is 9.85. The highest BCUT2D eigenvalue weighted by atomic mass is 32.1. The maximum Gasteiger partial charge on any atom is 0.417 e. The molecule has 4 heterocycles. The van der Waals surface area contributed by atoms with E-state index in [1.54, 1.807) is 11.3 Å². The molecule has 2 N–H and O–H groups in total. The second kappa shape index (κ2) is 8.52. The summed E-state index contributed by atoms with van der Waals surface area (Å²) in [5.74, 6) is 0.300. The molecule has 36 heavy (non-hydrogen) atoms. The Bertz CT molecular complexity index is 1380. The zero-order valence-electron chi connectivity index (χ0n) is 19.3. The molecule has 0 radical (unpaired) electrons. The number of alkyl halides is 3. The molecule has 6 rings (SSSR count). The number of halogens is 3. The van der Waals surface area contributed by atoms with Crippen molar-refractivity contribution in [1.29, 1.82) is 0 Å². The number of likely N-dealkylation sites (tertiary alicyclic amines) is 1. The molecular weight excluding hydrogens is 491 g/mol. The maximum atomic E-state index is 13.2. The molecular formula is C25H24F3N5O2S. The molecule has 1 fully saturated rings. The Hall–Kier alpha value is -3.05. The van der Waals surface area contributed by atoms with E-state index < -0.39 is 24.6 Å². The first-order chi connectivity index (χ1) is 17.2. The third-order valence-electron chi connectivity index (χ3n) is 7.53. The quantitative estimate of drug-likeness (QED) is 0.540. The van der Waals surface area contributed by atoms with Gasteiger partial charge in [0, 0.05) is 48.6 Å². The van der Waals surface area contributed by atoms with Crippen molar-refractivity contribution in [1.82, 2.24) is 14.9 Å². The number of fused-ring (bicyclic) bond motifs is 4. The van der Waals surface area contributed by atoms with Gasteiger partial charge in [0.1, 0.15) is 17.0 Å². The lowest BCUT2D eigenvalue weighted by Crippen LogP contribution is -2.55. The molecule has 7 nitrogen and oxygen atoms in total. The van der Waals surface area contributed by atoms with E-state index in [9.17, 15) is 23.1 Å². The van der Waals surface area contributed by atoms with Gasteiger partial charge in [-0.2, -0.15) is 13.2 Å². The molecule has 2 aromatic heterocycles. The summed E-state index contributed by atoms with van der Waals surface area (Å²) >= 11 is 1.54. The Kier molecular flexibility index (Phi) is 5.52. The fourth-order valence-electron chi connectivity index (χ4n) is 5.37. The Balaban J connectivity index is 1.20. The largest absolute Gasteiger partial charge is 0.417 e. The fraction of sp³-hybridized carbons (Fsp3) is 0.440. The number of carbonyl (C=O) groups is 1. The molecule has 2 aliphatic heterocycles.